The molecule has 3 aliphatic rings. The van der Waals surface area contributed by atoms with E-state index in [4.69, 9.17) is 10.7 Å². The average molecular weight is 599 g/mol. The monoisotopic (exact) mass is 598 g/mol. The number of carbonyl (C=O) groups is 1. The van der Waals surface area contributed by atoms with E-state index in [-0.39, 0.29) is 5.91 Å². The molecule has 1 saturated heterocycles. The summed E-state index contributed by atoms with van der Waals surface area (Å²) in [5.41, 5.74) is 16.1. The zero-order chi connectivity index (χ0) is 30.9. The van der Waals surface area contributed by atoms with Crippen LogP contribution < -0.4 is 11.1 Å². The molecule has 1 aromatic carbocycles. The van der Waals surface area contributed by atoms with E-state index >= 15 is 0 Å². The molecule has 4 aromatic rings. The number of aromatic nitrogens is 4. The maximum Gasteiger partial charge on any atom is 0.228 e. The summed E-state index contributed by atoms with van der Waals surface area (Å²) >= 11 is 0. The fourth-order valence-electron chi connectivity index (χ4n) is 6.12. The summed E-state index contributed by atoms with van der Waals surface area (Å²) < 4.78 is 0. The number of aromatic amines is 2. The zero-order valence-electron chi connectivity index (χ0n) is 25.7. The molecule has 2 fully saturated rings. The molecule has 1 atom stereocenters. The molecule has 45 heavy (non-hydrogen) atoms. The van der Waals surface area contributed by atoms with Crippen LogP contribution in [-0.4, -0.2) is 69.1 Å². The number of hydrogen-bond acceptors (Lipinski definition) is 6. The molecule has 0 radical (unpaired) electrons. The van der Waals surface area contributed by atoms with E-state index in [1.54, 1.807) is 0 Å². The first-order chi connectivity index (χ1) is 21.9. The van der Waals surface area contributed by atoms with Gasteiger partial charge in [-0.3, -0.25) is 9.89 Å². The summed E-state index contributed by atoms with van der Waals surface area (Å²) in [7, 11) is 2.16. The number of amides is 1. The third-order valence-electron chi connectivity index (χ3n) is 8.72. The Hall–Kier alpha value is -5.15. The number of benzene rings is 1. The van der Waals surface area contributed by atoms with Crippen LogP contribution in [0.2, 0.25) is 0 Å². The minimum Gasteiger partial charge on any atom is -0.385 e. The highest BCUT2D eigenvalue weighted by Crippen LogP contribution is 2.44. The van der Waals surface area contributed by atoms with Crippen LogP contribution >= 0.6 is 0 Å². The van der Waals surface area contributed by atoms with E-state index in [1.807, 2.05) is 55.6 Å². The van der Waals surface area contributed by atoms with E-state index in [0.29, 0.717) is 23.8 Å². The molecular formula is C36H38N8O. The Labute approximate surface area is 262 Å². The third-order valence-corrected chi connectivity index (χ3v) is 8.72. The van der Waals surface area contributed by atoms with Crippen LogP contribution in [0.15, 0.2) is 96.4 Å². The highest BCUT2D eigenvalue weighted by atomic mass is 16.1. The number of pyridine rings is 1. The van der Waals surface area contributed by atoms with Crippen LogP contribution in [0.25, 0.3) is 33.7 Å². The number of nitrogens with zero attached hydrogens (tertiary/aromatic N) is 4. The van der Waals surface area contributed by atoms with Crippen molar-refractivity contribution < 1.29 is 4.79 Å². The van der Waals surface area contributed by atoms with Gasteiger partial charge in [-0.1, -0.05) is 54.1 Å². The number of hydrogen-bond donors (Lipinski definition) is 4. The van der Waals surface area contributed by atoms with E-state index in [0.717, 1.165) is 83.0 Å². The van der Waals surface area contributed by atoms with Gasteiger partial charge in [0.25, 0.3) is 0 Å². The predicted octanol–water partition coefficient (Wildman–Crippen LogP) is 5.29. The van der Waals surface area contributed by atoms with E-state index in [1.165, 1.54) is 5.57 Å². The largest absolute Gasteiger partial charge is 0.385 e. The Morgan fingerprint density at radius 3 is 2.76 bits per heavy atom. The molecule has 0 unspecified atom stereocenters. The van der Waals surface area contributed by atoms with Gasteiger partial charge in [0, 0.05) is 66.2 Å². The summed E-state index contributed by atoms with van der Waals surface area (Å²) in [6.07, 6.45) is 15.8. The van der Waals surface area contributed by atoms with Gasteiger partial charge in [0.1, 0.15) is 5.82 Å². The first kappa shape index (κ1) is 28.6. The number of rotatable bonds is 8. The number of carbonyl (C=O) groups excluding carboxylic acids is 1. The molecule has 1 aliphatic heterocycles. The van der Waals surface area contributed by atoms with Crippen molar-refractivity contribution in [2.24, 2.45) is 5.92 Å². The standard InChI is InChI=1S/C36H38N8O/c1-3-4-10-32(44-13-11-43(2)12-14-44)29-21-31(40-35(29)37)34-30-20-27(22-38-36(30)42-41-34)26-17-24-16-25(24)18-28(19-26)39-33(45)15-23-8-6-5-7-9-23/h3-10,17-22,24,40H,11-16,37H2,1-2H3,(H,39,45)(H,38,41,42)/b4-3?,32-10+/t24-/m1/s1. The van der Waals surface area contributed by atoms with Crippen molar-refractivity contribution in [1.29, 1.82) is 0 Å². The van der Waals surface area contributed by atoms with Gasteiger partial charge in [-0.2, -0.15) is 5.10 Å². The molecule has 3 aromatic heterocycles. The molecule has 0 bridgehead atoms. The van der Waals surface area contributed by atoms with Crippen LogP contribution in [0.1, 0.15) is 30.0 Å². The van der Waals surface area contributed by atoms with E-state index in [9.17, 15) is 4.79 Å². The molecule has 9 nitrogen and oxygen atoms in total. The fraction of sp³-hybridized carbons (Fsp3) is 0.250. The molecule has 0 spiro atoms. The van der Waals surface area contributed by atoms with Crippen LogP contribution in [0.3, 0.4) is 0 Å². The Morgan fingerprint density at radius 1 is 1.13 bits per heavy atom. The number of fused-ring (bicyclic) bond motifs is 2. The van der Waals surface area contributed by atoms with Gasteiger partial charge >= 0.3 is 0 Å². The van der Waals surface area contributed by atoms with Crippen LogP contribution in [0, 0.1) is 5.92 Å². The topological polar surface area (TPSA) is 119 Å². The molecule has 4 heterocycles. The Morgan fingerprint density at radius 2 is 1.96 bits per heavy atom. The van der Waals surface area contributed by atoms with Gasteiger partial charge in [0.15, 0.2) is 5.65 Å². The van der Waals surface area contributed by atoms with Gasteiger partial charge in [-0.15, -0.1) is 0 Å². The van der Waals surface area contributed by atoms with Crippen LogP contribution in [-0.2, 0) is 11.2 Å². The van der Waals surface area contributed by atoms with Crippen molar-refractivity contribution >= 4 is 34.0 Å². The summed E-state index contributed by atoms with van der Waals surface area (Å²) in [6.45, 7) is 5.91. The average Bonchev–Trinajstić information content (AvgIpc) is 3.49. The van der Waals surface area contributed by atoms with Crippen molar-refractivity contribution in [3.05, 3.63) is 113 Å². The second-order valence-electron chi connectivity index (χ2n) is 12.0. The second kappa shape index (κ2) is 12.1. The molecule has 9 heteroatoms. The minimum absolute atomic E-state index is 0.0343. The lowest BCUT2D eigenvalue weighted by Gasteiger charge is -2.35. The lowest BCUT2D eigenvalue weighted by atomic mass is 10.0. The second-order valence-corrected chi connectivity index (χ2v) is 12.0. The number of anilines is 1. The lowest BCUT2D eigenvalue weighted by molar-refractivity contribution is -0.119. The zero-order valence-corrected chi connectivity index (χ0v) is 25.7. The molecule has 228 valence electrons. The summed E-state index contributed by atoms with van der Waals surface area (Å²) in [5.74, 6) is 0.958. The van der Waals surface area contributed by atoms with Gasteiger partial charge < -0.3 is 25.8 Å². The number of likely N-dealkylation sites (N-methyl/N-ethyl adjacent to an activating group) is 1. The number of H-pyrrole nitrogens is 2. The van der Waals surface area contributed by atoms with Crippen molar-refractivity contribution in [2.75, 3.05) is 39.0 Å². The van der Waals surface area contributed by atoms with Gasteiger partial charge in [-0.05, 0) is 61.9 Å². The molecule has 5 N–H and O–H groups in total. The smallest absolute Gasteiger partial charge is 0.228 e. The predicted molar refractivity (Wildman–Crippen MR) is 180 cm³/mol. The lowest BCUT2D eigenvalue weighted by Crippen LogP contribution is -2.43. The number of allylic oxidation sites excluding steroid dienone is 8. The fourth-order valence-corrected chi connectivity index (χ4v) is 6.12. The maximum absolute atomic E-state index is 12.9. The van der Waals surface area contributed by atoms with Crippen molar-refractivity contribution in [2.45, 2.75) is 19.8 Å². The quantitative estimate of drug-likeness (QED) is 0.205. The van der Waals surface area contributed by atoms with Gasteiger partial charge in [-0.25, -0.2) is 4.98 Å². The molecule has 7 rings (SSSR count). The summed E-state index contributed by atoms with van der Waals surface area (Å²) in [4.78, 5) is 25.8. The molecule has 2 aliphatic carbocycles. The number of nitrogens with two attached hydrogens (primary N) is 1. The third kappa shape index (κ3) is 6.12. The van der Waals surface area contributed by atoms with E-state index < -0.39 is 0 Å². The number of nitrogen functional groups attached to an aromatic ring is 1. The van der Waals surface area contributed by atoms with Crippen molar-refractivity contribution in [3.8, 4) is 11.4 Å². The van der Waals surface area contributed by atoms with E-state index in [2.05, 4.69) is 73.8 Å². The minimum atomic E-state index is -0.0343. The number of piperazine rings is 1. The molecule has 1 saturated carbocycles. The summed E-state index contributed by atoms with van der Waals surface area (Å²) in [5, 5.41) is 11.7. The van der Waals surface area contributed by atoms with Gasteiger partial charge in [0.05, 0.1) is 17.8 Å². The first-order valence-electron chi connectivity index (χ1n) is 15.5. The first-order valence-corrected chi connectivity index (χ1v) is 15.5. The molecule has 1 amide bonds. The normalized spacial score (nSPS) is 18.8. The Bertz CT molecular complexity index is 1900. The van der Waals surface area contributed by atoms with Crippen LogP contribution in [0.4, 0.5) is 5.82 Å². The SMILES string of the molecule is CC=C/C=C(\c1cc(-c2[nH]nc3ncc(C4=C[C@H]5CC5=CC(NC(=O)Cc5ccccc5)=C4)cc23)[nH]c1N)N1CCN(C)CC1. The van der Waals surface area contributed by atoms with Crippen LogP contribution in [0.5, 0.6) is 0 Å². The summed E-state index contributed by atoms with van der Waals surface area (Å²) in [6, 6.07) is 14.0. The highest BCUT2D eigenvalue weighted by Gasteiger charge is 2.30. The Balaban J connectivity index is 1.18. The van der Waals surface area contributed by atoms with Gasteiger partial charge in [0.2, 0.25) is 5.91 Å². The van der Waals surface area contributed by atoms with Crippen molar-refractivity contribution in [3.63, 3.8) is 0 Å². The maximum atomic E-state index is 12.9. The van der Waals surface area contributed by atoms with Crippen molar-refractivity contribution in [1.82, 2.24) is 35.3 Å². The Kier molecular flexibility index (Phi) is 7.69. The molecular weight excluding hydrogens is 560 g/mol. The highest BCUT2D eigenvalue weighted by molar-refractivity contribution is 5.94. The number of nitrogens with one attached hydrogen (secondary N) is 3.